The summed E-state index contributed by atoms with van der Waals surface area (Å²) < 4.78 is 10.6. The molecule has 0 aliphatic carbocycles. The molecule has 9 nitrogen and oxygen atoms in total. The summed E-state index contributed by atoms with van der Waals surface area (Å²) in [5.74, 6) is 0.210. The lowest BCUT2D eigenvalue weighted by Gasteiger charge is -2.09. The summed E-state index contributed by atoms with van der Waals surface area (Å²) in [6.45, 7) is 0. The van der Waals surface area contributed by atoms with Gasteiger partial charge in [-0.1, -0.05) is 0 Å². The van der Waals surface area contributed by atoms with Crippen LogP contribution in [0.15, 0.2) is 53.8 Å². The number of methoxy groups -OCH3 is 2. The number of H-pyrrole nitrogens is 1. The van der Waals surface area contributed by atoms with Crippen molar-refractivity contribution in [2.75, 3.05) is 14.2 Å². The van der Waals surface area contributed by atoms with E-state index in [0.29, 0.717) is 33.9 Å². The second-order valence-corrected chi connectivity index (χ2v) is 5.91. The zero-order valence-corrected chi connectivity index (χ0v) is 15.8. The second kappa shape index (κ2) is 8.70. The van der Waals surface area contributed by atoms with Gasteiger partial charge in [0.15, 0.2) is 11.5 Å². The van der Waals surface area contributed by atoms with E-state index in [1.54, 1.807) is 26.5 Å². The van der Waals surface area contributed by atoms with Gasteiger partial charge in [-0.05, 0) is 42.5 Å². The summed E-state index contributed by atoms with van der Waals surface area (Å²) in [4.78, 5) is 23.3. The van der Waals surface area contributed by atoms with Gasteiger partial charge in [-0.25, -0.2) is 5.43 Å². The molecule has 0 atom stereocenters. The summed E-state index contributed by atoms with van der Waals surface area (Å²) in [6, 6.07) is 11.4. The normalized spacial score (nSPS) is 10.7. The molecule has 3 aromatic rings. The molecule has 0 aliphatic heterocycles. The summed E-state index contributed by atoms with van der Waals surface area (Å²) in [5.41, 5.74) is 10.5. The fourth-order valence-electron chi connectivity index (χ4n) is 2.63. The van der Waals surface area contributed by atoms with Crippen LogP contribution in [0.1, 0.15) is 26.3 Å². The molecule has 0 saturated carbocycles. The number of aromatic amines is 1. The predicted molar refractivity (Wildman–Crippen MR) is 107 cm³/mol. The summed E-state index contributed by atoms with van der Waals surface area (Å²) in [5, 5.41) is 10.9. The highest BCUT2D eigenvalue weighted by Gasteiger charge is 2.11. The molecule has 0 aliphatic rings. The smallest absolute Gasteiger partial charge is 0.271 e. The molecule has 0 unspecified atom stereocenters. The number of nitrogens with two attached hydrogens (primary N) is 1. The van der Waals surface area contributed by atoms with Gasteiger partial charge in [0.1, 0.15) is 0 Å². The van der Waals surface area contributed by atoms with Gasteiger partial charge < -0.3 is 15.2 Å². The van der Waals surface area contributed by atoms with Crippen molar-refractivity contribution < 1.29 is 19.1 Å². The first kappa shape index (κ1) is 19.6. The van der Waals surface area contributed by atoms with Crippen molar-refractivity contribution in [3.8, 4) is 22.8 Å². The minimum atomic E-state index is -0.558. The molecule has 1 aromatic heterocycles. The number of hydrazone groups is 1. The number of hydrogen-bond donors (Lipinski definition) is 3. The van der Waals surface area contributed by atoms with Crippen molar-refractivity contribution in [2.45, 2.75) is 0 Å². The molecule has 0 saturated heterocycles. The molecule has 29 heavy (non-hydrogen) atoms. The summed E-state index contributed by atoms with van der Waals surface area (Å²) in [6.07, 6.45) is 3.06. The Morgan fingerprint density at radius 1 is 1.07 bits per heavy atom. The van der Waals surface area contributed by atoms with Crippen LogP contribution in [-0.4, -0.2) is 42.4 Å². The van der Waals surface area contributed by atoms with Crippen LogP contribution in [0.4, 0.5) is 0 Å². The third-order valence-electron chi connectivity index (χ3n) is 4.14. The maximum atomic E-state index is 12.2. The Kier molecular flexibility index (Phi) is 5.88. The zero-order valence-electron chi connectivity index (χ0n) is 15.8. The van der Waals surface area contributed by atoms with Crippen LogP contribution in [0.5, 0.6) is 11.5 Å². The number of carbonyl (C=O) groups excluding carboxylic acids is 2. The van der Waals surface area contributed by atoms with Crippen molar-refractivity contribution in [3.05, 3.63) is 65.4 Å². The highest BCUT2D eigenvalue weighted by molar-refractivity contribution is 5.98. The Morgan fingerprint density at radius 2 is 1.76 bits per heavy atom. The minimum absolute atomic E-state index is 0.322. The molecule has 1 heterocycles. The molecular formula is C20H19N5O4. The topological polar surface area (TPSA) is 132 Å². The quantitative estimate of drug-likeness (QED) is 0.417. The Bertz CT molecular complexity index is 1060. The highest BCUT2D eigenvalue weighted by Crippen LogP contribution is 2.32. The molecule has 9 heteroatoms. The van der Waals surface area contributed by atoms with E-state index in [1.807, 2.05) is 12.1 Å². The Labute approximate surface area is 166 Å². The standard InChI is InChI=1S/C20H19N5O4/c1-28-16-8-7-14(9-17(16)29-2)18-15(10-22-24-18)11-23-25-20(27)13-5-3-12(4-6-13)19(21)26/h3-11H,1-2H3,(H2,21,26)(H,22,24)(H,25,27). The van der Waals surface area contributed by atoms with E-state index >= 15 is 0 Å². The first-order valence-corrected chi connectivity index (χ1v) is 8.52. The van der Waals surface area contributed by atoms with Crippen molar-refractivity contribution in [3.63, 3.8) is 0 Å². The number of amides is 2. The molecule has 0 bridgehead atoms. The van der Waals surface area contributed by atoms with E-state index < -0.39 is 11.8 Å². The minimum Gasteiger partial charge on any atom is -0.493 e. The first-order chi connectivity index (χ1) is 14.0. The number of ether oxygens (including phenoxy) is 2. The van der Waals surface area contributed by atoms with E-state index in [2.05, 4.69) is 20.7 Å². The SMILES string of the molecule is COc1ccc(-c2[nH]ncc2C=NNC(=O)c2ccc(C(N)=O)cc2)cc1OC. The van der Waals surface area contributed by atoms with Crippen LogP contribution in [0.3, 0.4) is 0 Å². The Balaban J connectivity index is 1.73. The molecular weight excluding hydrogens is 374 g/mol. The molecule has 0 fully saturated rings. The first-order valence-electron chi connectivity index (χ1n) is 8.52. The Morgan fingerprint density at radius 3 is 2.41 bits per heavy atom. The van der Waals surface area contributed by atoms with Crippen molar-refractivity contribution in [1.29, 1.82) is 0 Å². The number of nitrogens with zero attached hydrogens (tertiary/aromatic N) is 2. The maximum Gasteiger partial charge on any atom is 0.271 e. The van der Waals surface area contributed by atoms with E-state index in [9.17, 15) is 9.59 Å². The number of carbonyl (C=O) groups is 2. The number of rotatable bonds is 7. The van der Waals surface area contributed by atoms with Gasteiger partial charge in [0.25, 0.3) is 5.91 Å². The lowest BCUT2D eigenvalue weighted by atomic mass is 10.1. The van der Waals surface area contributed by atoms with Crippen molar-refractivity contribution >= 4 is 18.0 Å². The number of nitrogens with one attached hydrogen (secondary N) is 2. The largest absolute Gasteiger partial charge is 0.493 e. The number of hydrogen-bond acceptors (Lipinski definition) is 6. The van der Waals surface area contributed by atoms with Gasteiger partial charge in [-0.2, -0.15) is 10.2 Å². The van der Waals surface area contributed by atoms with E-state index in [-0.39, 0.29) is 0 Å². The van der Waals surface area contributed by atoms with E-state index in [1.165, 1.54) is 30.5 Å². The van der Waals surface area contributed by atoms with E-state index in [0.717, 1.165) is 5.56 Å². The van der Waals surface area contributed by atoms with Gasteiger partial charge in [0.2, 0.25) is 5.91 Å². The zero-order chi connectivity index (χ0) is 20.8. The second-order valence-electron chi connectivity index (χ2n) is 5.91. The monoisotopic (exact) mass is 393 g/mol. The third kappa shape index (κ3) is 4.41. The number of aromatic nitrogens is 2. The molecule has 0 spiro atoms. The molecule has 148 valence electrons. The van der Waals surface area contributed by atoms with Crippen molar-refractivity contribution in [2.24, 2.45) is 10.8 Å². The fraction of sp³-hybridized carbons (Fsp3) is 0.100. The van der Waals surface area contributed by atoms with Crippen LogP contribution in [0, 0.1) is 0 Å². The van der Waals surface area contributed by atoms with Gasteiger partial charge in [-0.3, -0.25) is 14.7 Å². The number of primary amides is 1. The van der Waals surface area contributed by atoms with Crippen LogP contribution in [0.25, 0.3) is 11.3 Å². The van der Waals surface area contributed by atoms with Gasteiger partial charge in [-0.15, -0.1) is 0 Å². The summed E-state index contributed by atoms with van der Waals surface area (Å²) >= 11 is 0. The fourth-order valence-corrected chi connectivity index (χ4v) is 2.63. The average Bonchev–Trinajstić information content (AvgIpc) is 3.21. The van der Waals surface area contributed by atoms with Crippen LogP contribution in [0.2, 0.25) is 0 Å². The molecule has 3 rings (SSSR count). The molecule has 4 N–H and O–H groups in total. The van der Waals surface area contributed by atoms with Crippen LogP contribution >= 0.6 is 0 Å². The van der Waals surface area contributed by atoms with Crippen LogP contribution in [-0.2, 0) is 0 Å². The molecule has 2 aromatic carbocycles. The number of benzene rings is 2. The lowest BCUT2D eigenvalue weighted by molar-refractivity contribution is 0.0952. The maximum absolute atomic E-state index is 12.2. The average molecular weight is 393 g/mol. The highest BCUT2D eigenvalue weighted by atomic mass is 16.5. The predicted octanol–water partition coefficient (Wildman–Crippen LogP) is 1.96. The van der Waals surface area contributed by atoms with Gasteiger partial charge in [0, 0.05) is 22.3 Å². The molecule has 0 radical (unpaired) electrons. The van der Waals surface area contributed by atoms with E-state index in [4.69, 9.17) is 15.2 Å². The third-order valence-corrected chi connectivity index (χ3v) is 4.14. The van der Waals surface area contributed by atoms with Gasteiger partial charge in [0.05, 0.1) is 32.3 Å². The summed E-state index contributed by atoms with van der Waals surface area (Å²) in [7, 11) is 3.12. The Hall–Kier alpha value is -4.14. The van der Waals surface area contributed by atoms with Crippen LogP contribution < -0.4 is 20.6 Å². The van der Waals surface area contributed by atoms with Crippen molar-refractivity contribution in [1.82, 2.24) is 15.6 Å². The van der Waals surface area contributed by atoms with Gasteiger partial charge >= 0.3 is 0 Å². The lowest BCUT2D eigenvalue weighted by Crippen LogP contribution is -2.18. The molecule has 2 amide bonds.